The van der Waals surface area contributed by atoms with E-state index in [-0.39, 0.29) is 29.9 Å². The van der Waals surface area contributed by atoms with Gasteiger partial charge in [0.1, 0.15) is 12.4 Å². The topological polar surface area (TPSA) is 71.1 Å². The van der Waals surface area contributed by atoms with Crippen LogP contribution in [0.5, 0.6) is 5.75 Å². The monoisotopic (exact) mass is 495 g/mol. The lowest BCUT2D eigenvalue weighted by Gasteiger charge is -2.36. The minimum Gasteiger partial charge on any atom is -0.491 e. The first-order chi connectivity index (χ1) is 17.3. The number of ether oxygens (including phenoxy) is 2. The third-order valence-electron chi connectivity index (χ3n) is 6.87. The molecule has 0 saturated heterocycles. The zero-order valence-electron chi connectivity index (χ0n) is 22.3. The molecule has 0 unspecified atom stereocenters. The molecule has 1 N–H and O–H groups in total. The molecule has 2 amide bonds. The number of likely N-dealkylation sites (N-methyl/N-ethyl adjacent to an activating group) is 1. The maximum absolute atomic E-state index is 13.4. The Morgan fingerprint density at radius 1 is 1.14 bits per heavy atom. The fourth-order valence-electron chi connectivity index (χ4n) is 4.60. The Morgan fingerprint density at radius 2 is 1.89 bits per heavy atom. The minimum absolute atomic E-state index is 0.0496. The summed E-state index contributed by atoms with van der Waals surface area (Å²) in [6.07, 6.45) is 2.06. The van der Waals surface area contributed by atoms with Gasteiger partial charge in [0.15, 0.2) is 0 Å². The van der Waals surface area contributed by atoms with Crippen molar-refractivity contribution in [2.45, 2.75) is 52.2 Å². The number of benzene rings is 2. The number of rotatable bonds is 7. The maximum atomic E-state index is 13.4. The number of methoxy groups -OCH3 is 1. The first-order valence-corrected chi connectivity index (χ1v) is 12.9. The highest BCUT2D eigenvalue weighted by Crippen LogP contribution is 2.27. The van der Waals surface area contributed by atoms with E-state index in [9.17, 15) is 9.59 Å². The van der Waals surface area contributed by atoms with E-state index in [2.05, 4.69) is 48.3 Å². The smallest absolute Gasteiger partial charge is 0.257 e. The van der Waals surface area contributed by atoms with Gasteiger partial charge in [-0.15, -0.1) is 0 Å². The van der Waals surface area contributed by atoms with Crippen LogP contribution in [-0.4, -0.2) is 74.2 Å². The Labute approximate surface area is 215 Å². The molecule has 2 aromatic rings. The molecule has 36 heavy (non-hydrogen) atoms. The summed E-state index contributed by atoms with van der Waals surface area (Å²) in [6.45, 7) is 8.93. The molecular formula is C29H41N3O4. The molecule has 0 fully saturated rings. The molecule has 1 aliphatic rings. The first-order valence-electron chi connectivity index (χ1n) is 12.9. The van der Waals surface area contributed by atoms with Crippen molar-refractivity contribution in [3.8, 4) is 5.75 Å². The highest BCUT2D eigenvalue weighted by molar-refractivity contribution is 5.98. The molecule has 0 aromatic heterocycles. The number of nitrogens with one attached hydrogen (secondary N) is 1. The van der Waals surface area contributed by atoms with Crippen molar-refractivity contribution in [2.75, 3.05) is 45.7 Å². The largest absolute Gasteiger partial charge is 0.491 e. The van der Waals surface area contributed by atoms with Gasteiger partial charge in [-0.25, -0.2) is 0 Å². The van der Waals surface area contributed by atoms with Crippen molar-refractivity contribution >= 4 is 17.5 Å². The zero-order valence-corrected chi connectivity index (χ0v) is 22.3. The summed E-state index contributed by atoms with van der Waals surface area (Å²) in [5.41, 5.74) is 2.42. The molecule has 7 nitrogen and oxygen atoms in total. The highest BCUT2D eigenvalue weighted by Gasteiger charge is 2.28. The van der Waals surface area contributed by atoms with Crippen LogP contribution in [0.2, 0.25) is 0 Å². The van der Waals surface area contributed by atoms with Crippen LogP contribution in [0, 0.1) is 5.92 Å². The quantitative estimate of drug-likeness (QED) is 0.614. The molecule has 0 spiro atoms. The third-order valence-corrected chi connectivity index (χ3v) is 6.87. The molecule has 3 rings (SSSR count). The summed E-state index contributed by atoms with van der Waals surface area (Å²) in [4.78, 5) is 29.6. The van der Waals surface area contributed by atoms with E-state index in [1.165, 1.54) is 5.56 Å². The van der Waals surface area contributed by atoms with Crippen molar-refractivity contribution in [1.29, 1.82) is 0 Å². The molecule has 0 bridgehead atoms. The Balaban J connectivity index is 1.87. The van der Waals surface area contributed by atoms with Crippen LogP contribution < -0.4 is 10.1 Å². The van der Waals surface area contributed by atoms with Gasteiger partial charge >= 0.3 is 0 Å². The summed E-state index contributed by atoms with van der Waals surface area (Å²) in [5, 5.41) is 2.91. The molecule has 1 heterocycles. The predicted molar refractivity (Wildman–Crippen MR) is 144 cm³/mol. The van der Waals surface area contributed by atoms with Crippen molar-refractivity contribution in [3.63, 3.8) is 0 Å². The fourth-order valence-corrected chi connectivity index (χ4v) is 4.60. The number of amides is 2. The molecule has 196 valence electrons. The second-order valence-electron chi connectivity index (χ2n) is 9.84. The van der Waals surface area contributed by atoms with Crippen LogP contribution in [0.25, 0.3) is 0 Å². The molecule has 0 saturated carbocycles. The number of hydrogen-bond donors (Lipinski definition) is 1. The van der Waals surface area contributed by atoms with Gasteiger partial charge in [0.05, 0.1) is 11.7 Å². The predicted octanol–water partition coefficient (Wildman–Crippen LogP) is 4.47. The Kier molecular flexibility index (Phi) is 10.3. The molecule has 3 atom stereocenters. The van der Waals surface area contributed by atoms with Crippen molar-refractivity contribution < 1.29 is 19.1 Å². The number of nitrogens with zero attached hydrogens (tertiary/aromatic N) is 2. The molecule has 7 heteroatoms. The van der Waals surface area contributed by atoms with E-state index >= 15 is 0 Å². The highest BCUT2D eigenvalue weighted by atomic mass is 16.5. The van der Waals surface area contributed by atoms with Gasteiger partial charge in [-0.05, 0) is 43.4 Å². The van der Waals surface area contributed by atoms with Gasteiger partial charge in [-0.3, -0.25) is 14.5 Å². The lowest BCUT2D eigenvalue weighted by atomic mass is 10.0. The Morgan fingerprint density at radius 3 is 2.58 bits per heavy atom. The van der Waals surface area contributed by atoms with Gasteiger partial charge in [0.25, 0.3) is 5.91 Å². The van der Waals surface area contributed by atoms with Crippen molar-refractivity contribution in [2.24, 2.45) is 5.92 Å². The third kappa shape index (κ3) is 7.55. The van der Waals surface area contributed by atoms with Crippen LogP contribution in [0.3, 0.4) is 0 Å². The van der Waals surface area contributed by atoms with E-state index in [1.807, 2.05) is 13.0 Å². The summed E-state index contributed by atoms with van der Waals surface area (Å²) < 4.78 is 12.1. The average Bonchev–Trinajstić information content (AvgIpc) is 2.87. The van der Waals surface area contributed by atoms with Crippen molar-refractivity contribution in [3.05, 3.63) is 59.7 Å². The Hall–Kier alpha value is -2.90. The summed E-state index contributed by atoms with van der Waals surface area (Å²) in [5.74, 6) is 0.531. The van der Waals surface area contributed by atoms with E-state index in [4.69, 9.17) is 9.47 Å². The lowest BCUT2D eigenvalue weighted by Crippen LogP contribution is -2.47. The zero-order chi connectivity index (χ0) is 26.1. The van der Waals surface area contributed by atoms with E-state index in [1.54, 1.807) is 37.3 Å². The molecule has 0 aliphatic carbocycles. The summed E-state index contributed by atoms with van der Waals surface area (Å²) in [7, 11) is 3.51. The first kappa shape index (κ1) is 27.7. The minimum atomic E-state index is -0.125. The van der Waals surface area contributed by atoms with Crippen LogP contribution >= 0.6 is 0 Å². The van der Waals surface area contributed by atoms with Gasteiger partial charge in [-0.1, -0.05) is 44.2 Å². The second kappa shape index (κ2) is 13.4. The second-order valence-corrected chi connectivity index (χ2v) is 9.84. The van der Waals surface area contributed by atoms with Gasteiger partial charge in [0.2, 0.25) is 5.91 Å². The van der Waals surface area contributed by atoms with Gasteiger partial charge in [-0.2, -0.15) is 0 Å². The lowest BCUT2D eigenvalue weighted by molar-refractivity contribution is -0.116. The summed E-state index contributed by atoms with van der Waals surface area (Å²) >= 11 is 0. The normalized spacial score (nSPS) is 21.6. The van der Waals surface area contributed by atoms with Crippen LogP contribution in [-0.2, 0) is 16.0 Å². The average molecular weight is 496 g/mol. The summed E-state index contributed by atoms with van der Waals surface area (Å²) in [6, 6.07) is 15.9. The molecule has 2 aromatic carbocycles. The van der Waals surface area contributed by atoms with E-state index in [0.717, 1.165) is 25.9 Å². The Bertz CT molecular complexity index is 997. The van der Waals surface area contributed by atoms with Crippen LogP contribution in [0.1, 0.15) is 49.5 Å². The van der Waals surface area contributed by atoms with Crippen LogP contribution in [0.15, 0.2) is 48.5 Å². The van der Waals surface area contributed by atoms with E-state index in [0.29, 0.717) is 36.6 Å². The molecular weight excluding hydrogens is 454 g/mol. The number of hydrogen-bond acceptors (Lipinski definition) is 5. The number of fused-ring (bicyclic) bond motifs is 1. The van der Waals surface area contributed by atoms with Gasteiger partial charge < -0.3 is 19.7 Å². The van der Waals surface area contributed by atoms with Crippen LogP contribution in [0.4, 0.5) is 5.69 Å². The van der Waals surface area contributed by atoms with Crippen molar-refractivity contribution in [1.82, 2.24) is 9.80 Å². The number of carbonyl (C=O) groups excluding carboxylic acids is 2. The van der Waals surface area contributed by atoms with E-state index < -0.39 is 0 Å². The standard InChI is InChI=1S/C29H41N3O4/c1-6-10-28(33)30-24-13-14-25-26(17-24)36-20-22(3)32(16-15-23-11-8-7-9-12-23)18-21(2)27(35-5)19-31(4)29(25)34/h7-9,11-14,17,21-22,27H,6,10,15-16,18-20H2,1-5H3,(H,30,33)/t21-,22+,27+/m1/s1. The maximum Gasteiger partial charge on any atom is 0.257 e. The molecule has 0 radical (unpaired) electrons. The number of anilines is 1. The molecule has 1 aliphatic heterocycles. The fraction of sp³-hybridized carbons (Fsp3) is 0.517. The van der Waals surface area contributed by atoms with Gasteiger partial charge in [0, 0.05) is 58.0 Å². The number of carbonyl (C=O) groups is 2. The SMILES string of the molecule is CCCC(=O)Nc1ccc2c(c1)OC[C@H](C)N(CCc1ccccc1)C[C@@H](C)[C@@H](OC)CN(C)C2=O.